The molecule has 3 atom stereocenters. The van der Waals surface area contributed by atoms with E-state index in [2.05, 4.69) is 6.92 Å². The van der Waals surface area contributed by atoms with Gasteiger partial charge in [-0.25, -0.2) is 0 Å². The maximum atomic E-state index is 12.8. The number of hydrogen-bond acceptors (Lipinski definition) is 3. The molecule has 4 rings (SSSR count). The largest absolute Gasteiger partial charge is 0.362 e. The van der Waals surface area contributed by atoms with Crippen LogP contribution in [0.2, 0.25) is 0 Å². The quantitative estimate of drug-likeness (QED) is 0.804. The second-order valence-electron chi connectivity index (χ2n) is 8.51. The van der Waals surface area contributed by atoms with Gasteiger partial charge in [0, 0.05) is 37.7 Å². The number of amides is 2. The molecule has 1 aromatic carbocycles. The van der Waals surface area contributed by atoms with Gasteiger partial charge in [0.2, 0.25) is 0 Å². The zero-order valence-corrected chi connectivity index (χ0v) is 16.4. The van der Waals surface area contributed by atoms with Crippen molar-refractivity contribution in [3.05, 3.63) is 35.4 Å². The van der Waals surface area contributed by atoms with Gasteiger partial charge in [0.25, 0.3) is 11.8 Å². The Kier molecular flexibility index (Phi) is 4.97. The van der Waals surface area contributed by atoms with Crippen molar-refractivity contribution in [2.45, 2.75) is 57.7 Å². The lowest BCUT2D eigenvalue weighted by molar-refractivity contribution is -0.154. The third-order valence-corrected chi connectivity index (χ3v) is 6.68. The van der Waals surface area contributed by atoms with E-state index in [1.165, 1.54) is 0 Å². The van der Waals surface area contributed by atoms with Crippen molar-refractivity contribution in [3.8, 4) is 0 Å². The molecular formula is C22H30N2O3. The van der Waals surface area contributed by atoms with Crippen LogP contribution >= 0.6 is 0 Å². The van der Waals surface area contributed by atoms with E-state index in [0.29, 0.717) is 13.1 Å². The lowest BCUT2D eigenvalue weighted by Gasteiger charge is -2.44. The molecule has 146 valence electrons. The molecule has 3 fully saturated rings. The summed E-state index contributed by atoms with van der Waals surface area (Å²) >= 11 is 0. The predicted octanol–water partition coefficient (Wildman–Crippen LogP) is 3.02. The molecule has 0 radical (unpaired) electrons. The van der Waals surface area contributed by atoms with Crippen LogP contribution < -0.4 is 0 Å². The highest BCUT2D eigenvalue weighted by Crippen LogP contribution is 2.43. The van der Waals surface area contributed by atoms with Crippen LogP contribution in [0.25, 0.3) is 0 Å². The fourth-order valence-electron chi connectivity index (χ4n) is 4.86. The van der Waals surface area contributed by atoms with E-state index >= 15 is 0 Å². The Balaban J connectivity index is 1.39. The van der Waals surface area contributed by atoms with Crippen LogP contribution in [0.3, 0.4) is 0 Å². The number of nitrogens with zero attached hydrogens (tertiary/aromatic N) is 2. The normalized spacial score (nSPS) is 30.9. The van der Waals surface area contributed by atoms with Crippen LogP contribution in [0.5, 0.6) is 0 Å². The Hall–Kier alpha value is -1.88. The van der Waals surface area contributed by atoms with Crippen molar-refractivity contribution in [1.82, 2.24) is 9.80 Å². The van der Waals surface area contributed by atoms with Crippen molar-refractivity contribution < 1.29 is 14.3 Å². The van der Waals surface area contributed by atoms with Crippen molar-refractivity contribution in [1.29, 1.82) is 0 Å². The van der Waals surface area contributed by atoms with Gasteiger partial charge in [-0.2, -0.15) is 0 Å². The zero-order chi connectivity index (χ0) is 19.0. The minimum Gasteiger partial charge on any atom is -0.362 e. The Morgan fingerprint density at radius 3 is 2.41 bits per heavy atom. The van der Waals surface area contributed by atoms with Crippen LogP contribution in [-0.4, -0.2) is 59.5 Å². The van der Waals surface area contributed by atoms with Gasteiger partial charge in [-0.3, -0.25) is 9.59 Å². The Morgan fingerprint density at radius 2 is 1.74 bits per heavy atom. The smallest absolute Gasteiger partial charge is 0.253 e. The van der Waals surface area contributed by atoms with E-state index in [4.69, 9.17) is 4.74 Å². The summed E-state index contributed by atoms with van der Waals surface area (Å²) in [6.45, 7) is 7.33. The summed E-state index contributed by atoms with van der Waals surface area (Å²) in [6, 6.07) is 7.78. The maximum Gasteiger partial charge on any atom is 0.253 e. The number of benzene rings is 1. The zero-order valence-electron chi connectivity index (χ0n) is 16.4. The van der Waals surface area contributed by atoms with Gasteiger partial charge in [0.1, 0.15) is 6.10 Å². The number of aryl methyl sites for hydroxylation is 1. The van der Waals surface area contributed by atoms with Gasteiger partial charge >= 0.3 is 0 Å². The molecule has 0 saturated carbocycles. The van der Waals surface area contributed by atoms with Crippen molar-refractivity contribution in [3.63, 3.8) is 0 Å². The average Bonchev–Trinajstić information content (AvgIpc) is 3.35. The van der Waals surface area contributed by atoms with Gasteiger partial charge in [-0.15, -0.1) is 0 Å². The minimum absolute atomic E-state index is 0.0967. The molecule has 5 nitrogen and oxygen atoms in total. The van der Waals surface area contributed by atoms with E-state index in [1.807, 2.05) is 41.0 Å². The molecule has 1 spiro atoms. The van der Waals surface area contributed by atoms with Gasteiger partial charge in [-0.1, -0.05) is 24.6 Å². The summed E-state index contributed by atoms with van der Waals surface area (Å²) in [7, 11) is 0. The highest BCUT2D eigenvalue weighted by molar-refractivity contribution is 5.94. The molecule has 0 N–H and O–H groups in total. The molecule has 0 aliphatic carbocycles. The second-order valence-corrected chi connectivity index (χ2v) is 8.51. The predicted molar refractivity (Wildman–Crippen MR) is 104 cm³/mol. The molecular weight excluding hydrogens is 340 g/mol. The highest BCUT2D eigenvalue weighted by Gasteiger charge is 2.50. The van der Waals surface area contributed by atoms with Crippen molar-refractivity contribution in [2.24, 2.45) is 5.92 Å². The minimum atomic E-state index is -0.287. The summed E-state index contributed by atoms with van der Waals surface area (Å²) in [4.78, 5) is 29.4. The molecule has 3 aliphatic heterocycles. The Bertz CT molecular complexity index is 711. The maximum absolute atomic E-state index is 12.8. The summed E-state index contributed by atoms with van der Waals surface area (Å²) in [5, 5.41) is 0. The third kappa shape index (κ3) is 3.49. The van der Waals surface area contributed by atoms with Crippen LogP contribution in [0.15, 0.2) is 24.3 Å². The fourth-order valence-corrected chi connectivity index (χ4v) is 4.86. The monoisotopic (exact) mass is 370 g/mol. The van der Waals surface area contributed by atoms with Crippen molar-refractivity contribution in [2.75, 3.05) is 26.2 Å². The van der Waals surface area contributed by atoms with Gasteiger partial charge in [0.15, 0.2) is 0 Å². The van der Waals surface area contributed by atoms with E-state index in [-0.39, 0.29) is 29.4 Å². The first-order valence-corrected chi connectivity index (χ1v) is 10.3. The molecule has 3 aliphatic rings. The lowest BCUT2D eigenvalue weighted by Crippen LogP contribution is -2.53. The third-order valence-electron chi connectivity index (χ3n) is 6.68. The summed E-state index contributed by atoms with van der Waals surface area (Å²) < 4.78 is 6.40. The number of ether oxygens (including phenoxy) is 1. The molecule has 3 heterocycles. The molecule has 0 aromatic heterocycles. The highest BCUT2D eigenvalue weighted by atomic mass is 16.5. The standard InChI is InChI=1S/C22H30N2O3/c1-16-5-7-18(8-6-16)20(25)24-14-11-22(17(2)15-24)10-9-19(27-22)21(26)23-12-3-4-13-23/h5-8,17,19H,3-4,9-15H2,1-2H3/t17-,19+,22+/m0/s1. The van der Waals surface area contributed by atoms with Gasteiger partial charge < -0.3 is 14.5 Å². The fraction of sp³-hybridized carbons (Fsp3) is 0.636. The van der Waals surface area contributed by atoms with E-state index in [9.17, 15) is 9.59 Å². The Labute approximate surface area is 161 Å². The molecule has 27 heavy (non-hydrogen) atoms. The summed E-state index contributed by atoms with van der Waals surface area (Å²) in [6.07, 6.45) is 4.48. The SMILES string of the molecule is Cc1ccc(C(=O)N2CC[C@]3(CC[C@H](C(=O)N4CCCC4)O3)[C@@H](C)C2)cc1. The topological polar surface area (TPSA) is 49.9 Å². The molecule has 5 heteroatoms. The Morgan fingerprint density at radius 1 is 1.04 bits per heavy atom. The lowest BCUT2D eigenvalue weighted by atomic mass is 9.80. The number of carbonyl (C=O) groups is 2. The average molecular weight is 370 g/mol. The van der Waals surface area contributed by atoms with Crippen molar-refractivity contribution >= 4 is 11.8 Å². The summed E-state index contributed by atoms with van der Waals surface area (Å²) in [5.74, 6) is 0.506. The number of rotatable bonds is 2. The first-order valence-electron chi connectivity index (χ1n) is 10.3. The molecule has 1 aromatic rings. The molecule has 3 saturated heterocycles. The number of likely N-dealkylation sites (tertiary alicyclic amines) is 2. The van der Waals surface area contributed by atoms with Crippen LogP contribution in [0.4, 0.5) is 0 Å². The molecule has 0 bridgehead atoms. The summed E-state index contributed by atoms with van der Waals surface area (Å²) in [5.41, 5.74) is 1.66. The van der Waals surface area contributed by atoms with Gasteiger partial charge in [0.05, 0.1) is 5.60 Å². The molecule has 0 unspecified atom stereocenters. The number of hydrogen-bond donors (Lipinski definition) is 0. The first kappa shape index (κ1) is 18.5. The van der Waals surface area contributed by atoms with Crippen LogP contribution in [0, 0.1) is 12.8 Å². The molecule has 2 amide bonds. The van der Waals surface area contributed by atoms with Gasteiger partial charge in [-0.05, 0) is 51.2 Å². The van der Waals surface area contributed by atoms with E-state index in [0.717, 1.165) is 56.3 Å². The number of carbonyl (C=O) groups excluding carboxylic acids is 2. The first-order chi connectivity index (χ1) is 13.0. The second kappa shape index (κ2) is 7.27. The van der Waals surface area contributed by atoms with E-state index in [1.54, 1.807) is 0 Å². The van der Waals surface area contributed by atoms with Crippen LogP contribution in [-0.2, 0) is 9.53 Å². The van der Waals surface area contributed by atoms with Crippen LogP contribution in [0.1, 0.15) is 54.9 Å². The number of piperidine rings is 1. The van der Waals surface area contributed by atoms with E-state index < -0.39 is 0 Å².